The number of hydrogen-bond acceptors (Lipinski definition) is 6. The molecular formula is C20H23N5O3. The number of methoxy groups -OCH3 is 2. The fourth-order valence-electron chi connectivity index (χ4n) is 2.91. The zero-order chi connectivity index (χ0) is 19.9. The van der Waals surface area contributed by atoms with Crippen LogP contribution in [-0.4, -0.2) is 40.8 Å². The van der Waals surface area contributed by atoms with Gasteiger partial charge in [0.05, 0.1) is 14.2 Å². The van der Waals surface area contributed by atoms with Gasteiger partial charge in [0.2, 0.25) is 5.91 Å². The summed E-state index contributed by atoms with van der Waals surface area (Å²) in [4.78, 5) is 13.0. The first-order valence-corrected chi connectivity index (χ1v) is 8.98. The molecular weight excluding hydrogens is 358 g/mol. The number of anilines is 1. The van der Waals surface area contributed by atoms with Gasteiger partial charge >= 0.3 is 0 Å². The van der Waals surface area contributed by atoms with Crippen LogP contribution in [0.4, 0.5) is 5.69 Å². The Balaban J connectivity index is 1.82. The number of tetrazole rings is 1. The molecule has 8 heteroatoms. The first-order valence-electron chi connectivity index (χ1n) is 8.98. The van der Waals surface area contributed by atoms with E-state index in [1.807, 2.05) is 42.5 Å². The lowest BCUT2D eigenvalue weighted by molar-refractivity contribution is -0.117. The van der Waals surface area contributed by atoms with Crippen molar-refractivity contribution in [2.75, 3.05) is 19.5 Å². The van der Waals surface area contributed by atoms with E-state index in [0.717, 1.165) is 17.7 Å². The number of nitrogens with zero attached hydrogens (tertiary/aromatic N) is 3. The molecule has 1 atom stereocenters. The van der Waals surface area contributed by atoms with Crippen LogP contribution >= 0.6 is 0 Å². The minimum absolute atomic E-state index is 0.208. The number of ether oxygens (including phenoxy) is 2. The van der Waals surface area contributed by atoms with Crippen LogP contribution in [0.25, 0.3) is 0 Å². The summed E-state index contributed by atoms with van der Waals surface area (Å²) in [6, 6.07) is 13.3. The Kier molecular flexibility index (Phi) is 6.21. The van der Waals surface area contributed by atoms with Gasteiger partial charge in [-0.05, 0) is 48.2 Å². The third kappa shape index (κ3) is 4.46. The van der Waals surface area contributed by atoms with Gasteiger partial charge in [-0.15, -0.1) is 10.2 Å². The molecule has 1 heterocycles. The van der Waals surface area contributed by atoms with Gasteiger partial charge in [0.15, 0.2) is 17.3 Å². The third-order valence-corrected chi connectivity index (χ3v) is 4.51. The molecule has 0 bridgehead atoms. The Hall–Kier alpha value is -3.42. The summed E-state index contributed by atoms with van der Waals surface area (Å²) in [5, 5.41) is 17.0. The molecule has 0 spiro atoms. The van der Waals surface area contributed by atoms with E-state index in [-0.39, 0.29) is 5.91 Å². The third-order valence-electron chi connectivity index (χ3n) is 4.51. The highest BCUT2D eigenvalue weighted by Gasteiger charge is 2.26. The number of benzene rings is 2. The average Bonchev–Trinajstić information content (AvgIpc) is 3.26. The van der Waals surface area contributed by atoms with Crippen LogP contribution in [-0.2, 0) is 17.6 Å². The van der Waals surface area contributed by atoms with Crippen LogP contribution in [0.5, 0.6) is 11.5 Å². The normalized spacial score (nSPS) is 11.7. The van der Waals surface area contributed by atoms with Gasteiger partial charge in [-0.3, -0.25) is 4.79 Å². The van der Waals surface area contributed by atoms with Crippen LogP contribution in [0.15, 0.2) is 42.5 Å². The van der Waals surface area contributed by atoms with Crippen molar-refractivity contribution in [1.29, 1.82) is 0 Å². The van der Waals surface area contributed by atoms with Crippen molar-refractivity contribution >= 4 is 11.6 Å². The van der Waals surface area contributed by atoms with Crippen LogP contribution in [0.1, 0.15) is 29.8 Å². The molecule has 0 saturated heterocycles. The topological polar surface area (TPSA) is 102 Å². The van der Waals surface area contributed by atoms with Gasteiger partial charge in [-0.2, -0.15) is 5.21 Å². The molecule has 3 rings (SSSR count). The second-order valence-electron chi connectivity index (χ2n) is 6.26. The predicted octanol–water partition coefficient (Wildman–Crippen LogP) is 2.74. The van der Waals surface area contributed by atoms with Gasteiger partial charge in [0, 0.05) is 5.69 Å². The highest BCUT2D eigenvalue weighted by atomic mass is 16.5. The first kappa shape index (κ1) is 19.3. The van der Waals surface area contributed by atoms with Crippen LogP contribution in [0.2, 0.25) is 0 Å². The van der Waals surface area contributed by atoms with Gasteiger partial charge < -0.3 is 14.8 Å². The van der Waals surface area contributed by atoms with Gasteiger partial charge in [-0.25, -0.2) is 0 Å². The van der Waals surface area contributed by atoms with E-state index in [4.69, 9.17) is 9.47 Å². The maximum atomic E-state index is 13.0. The Bertz CT molecular complexity index is 910. The molecule has 0 aliphatic carbocycles. The summed E-state index contributed by atoms with van der Waals surface area (Å²) in [5.74, 6) is 0.742. The number of aryl methyl sites for hydroxylation is 1. The Labute approximate surface area is 163 Å². The SMILES string of the molecule is CCc1ccc(NC(=O)[C@@H](Cc2ccc(OC)c(OC)c2)c2nn[nH]n2)cc1. The minimum Gasteiger partial charge on any atom is -0.493 e. The number of H-pyrrole nitrogens is 1. The van der Waals surface area contributed by atoms with E-state index in [1.165, 1.54) is 5.56 Å². The van der Waals surface area contributed by atoms with Crippen LogP contribution < -0.4 is 14.8 Å². The Morgan fingerprint density at radius 2 is 1.79 bits per heavy atom. The molecule has 0 saturated carbocycles. The number of nitrogens with one attached hydrogen (secondary N) is 2. The second kappa shape index (κ2) is 8.98. The summed E-state index contributed by atoms with van der Waals surface area (Å²) in [6.45, 7) is 2.09. The number of carbonyl (C=O) groups is 1. The zero-order valence-corrected chi connectivity index (χ0v) is 16.1. The van der Waals surface area contributed by atoms with E-state index in [1.54, 1.807) is 14.2 Å². The molecule has 2 N–H and O–H groups in total. The molecule has 28 heavy (non-hydrogen) atoms. The summed E-state index contributed by atoms with van der Waals surface area (Å²) in [7, 11) is 3.15. The Morgan fingerprint density at radius 1 is 1.07 bits per heavy atom. The first-order chi connectivity index (χ1) is 13.6. The fourth-order valence-corrected chi connectivity index (χ4v) is 2.91. The van der Waals surface area contributed by atoms with Crippen molar-refractivity contribution in [3.63, 3.8) is 0 Å². The van der Waals surface area contributed by atoms with E-state index in [2.05, 4.69) is 32.9 Å². The van der Waals surface area contributed by atoms with Crippen molar-refractivity contribution in [2.24, 2.45) is 0 Å². The Morgan fingerprint density at radius 3 is 2.39 bits per heavy atom. The number of amides is 1. The summed E-state index contributed by atoms with van der Waals surface area (Å²) in [5.41, 5.74) is 2.82. The van der Waals surface area contributed by atoms with Crippen molar-refractivity contribution in [3.05, 3.63) is 59.4 Å². The molecule has 0 unspecified atom stereocenters. The molecule has 0 aliphatic rings. The van der Waals surface area contributed by atoms with Crippen molar-refractivity contribution in [2.45, 2.75) is 25.7 Å². The van der Waals surface area contributed by atoms with Crippen molar-refractivity contribution in [1.82, 2.24) is 20.6 Å². The van der Waals surface area contributed by atoms with Crippen LogP contribution in [0, 0.1) is 0 Å². The lowest BCUT2D eigenvalue weighted by Crippen LogP contribution is -2.24. The van der Waals surface area contributed by atoms with Gasteiger partial charge in [-0.1, -0.05) is 30.3 Å². The lowest BCUT2D eigenvalue weighted by Gasteiger charge is -2.15. The predicted molar refractivity (Wildman–Crippen MR) is 105 cm³/mol. The maximum absolute atomic E-state index is 13.0. The van der Waals surface area contributed by atoms with Crippen LogP contribution in [0.3, 0.4) is 0 Å². The largest absolute Gasteiger partial charge is 0.493 e. The van der Waals surface area contributed by atoms with E-state index in [9.17, 15) is 4.79 Å². The van der Waals surface area contributed by atoms with E-state index < -0.39 is 5.92 Å². The highest BCUT2D eigenvalue weighted by Crippen LogP contribution is 2.30. The molecule has 1 amide bonds. The van der Waals surface area contributed by atoms with E-state index in [0.29, 0.717) is 23.7 Å². The summed E-state index contributed by atoms with van der Waals surface area (Å²) >= 11 is 0. The highest BCUT2D eigenvalue weighted by molar-refractivity contribution is 5.95. The summed E-state index contributed by atoms with van der Waals surface area (Å²) < 4.78 is 10.6. The van der Waals surface area contributed by atoms with Gasteiger partial charge in [0.1, 0.15) is 5.92 Å². The lowest BCUT2D eigenvalue weighted by atomic mass is 9.97. The number of carbonyl (C=O) groups excluding carboxylic acids is 1. The van der Waals surface area contributed by atoms with Crippen molar-refractivity contribution in [3.8, 4) is 11.5 Å². The smallest absolute Gasteiger partial charge is 0.235 e. The zero-order valence-electron chi connectivity index (χ0n) is 16.1. The standard InChI is InChI=1S/C20H23N5O3/c1-4-13-5-8-15(9-6-13)21-20(26)16(19-22-24-25-23-19)11-14-7-10-17(27-2)18(12-14)28-3/h5-10,12,16H,4,11H2,1-3H3,(H,21,26)(H,22,23,24,25)/t16-/m0/s1. The molecule has 0 aliphatic heterocycles. The molecule has 2 aromatic carbocycles. The fraction of sp³-hybridized carbons (Fsp3) is 0.300. The quantitative estimate of drug-likeness (QED) is 0.622. The molecule has 3 aromatic rings. The number of hydrogen-bond donors (Lipinski definition) is 2. The summed E-state index contributed by atoms with van der Waals surface area (Å²) in [6.07, 6.45) is 1.33. The molecule has 146 valence electrons. The molecule has 8 nitrogen and oxygen atoms in total. The molecule has 0 fully saturated rings. The maximum Gasteiger partial charge on any atom is 0.235 e. The number of aromatic amines is 1. The average molecular weight is 381 g/mol. The number of aromatic nitrogens is 4. The second-order valence-corrected chi connectivity index (χ2v) is 6.26. The molecule has 1 aromatic heterocycles. The molecule has 0 radical (unpaired) electrons. The monoisotopic (exact) mass is 381 g/mol. The van der Waals surface area contributed by atoms with E-state index >= 15 is 0 Å². The van der Waals surface area contributed by atoms with Gasteiger partial charge in [0.25, 0.3) is 0 Å². The van der Waals surface area contributed by atoms with Crippen molar-refractivity contribution < 1.29 is 14.3 Å². The number of rotatable bonds is 8. The minimum atomic E-state index is -0.609.